The number of rotatable bonds is 3. The highest BCUT2D eigenvalue weighted by Gasteiger charge is 2.01. The summed E-state index contributed by atoms with van der Waals surface area (Å²) >= 11 is 0. The molecule has 0 saturated carbocycles. The number of carbonyl (C=O) groups is 1. The maximum Gasteiger partial charge on any atom is 0.303 e. The Morgan fingerprint density at radius 3 is 2.59 bits per heavy atom. The smallest absolute Gasteiger partial charge is 0.303 e. The van der Waals surface area contributed by atoms with Gasteiger partial charge < -0.3 is 4.74 Å². The van der Waals surface area contributed by atoms with E-state index in [1.807, 2.05) is 48.5 Å². The molecule has 0 fully saturated rings. The van der Waals surface area contributed by atoms with Crippen molar-refractivity contribution in [1.82, 2.24) is 4.98 Å². The van der Waals surface area contributed by atoms with Crippen LogP contribution in [0.25, 0.3) is 11.3 Å². The number of carbonyl (C=O) groups excluding carboxylic acids is 1. The molecule has 0 aliphatic carbocycles. The van der Waals surface area contributed by atoms with Crippen molar-refractivity contribution in [2.24, 2.45) is 0 Å². The quantitative estimate of drug-likeness (QED) is 0.757. The van der Waals surface area contributed by atoms with Crippen LogP contribution in [0.4, 0.5) is 0 Å². The summed E-state index contributed by atoms with van der Waals surface area (Å²) in [6.45, 7) is 1.61. The summed E-state index contributed by atoms with van der Waals surface area (Å²) in [6.07, 6.45) is 0. The number of hydrogen-bond acceptors (Lipinski definition) is 3. The first kappa shape index (κ1) is 11.3. The summed E-state index contributed by atoms with van der Waals surface area (Å²) < 4.78 is 4.92. The molecule has 3 heteroatoms. The van der Waals surface area contributed by atoms with E-state index in [1.54, 1.807) is 0 Å². The topological polar surface area (TPSA) is 39.2 Å². The zero-order chi connectivity index (χ0) is 12.1. The fourth-order valence-electron chi connectivity index (χ4n) is 1.51. The third kappa shape index (κ3) is 3.14. The molecule has 0 aliphatic rings. The van der Waals surface area contributed by atoms with Gasteiger partial charge in [-0.25, -0.2) is 4.98 Å². The summed E-state index contributed by atoms with van der Waals surface area (Å²) in [6, 6.07) is 15.6. The summed E-state index contributed by atoms with van der Waals surface area (Å²) in [5.41, 5.74) is 2.69. The second kappa shape index (κ2) is 5.25. The van der Waals surface area contributed by atoms with E-state index >= 15 is 0 Å². The molecule has 0 unspecified atom stereocenters. The molecule has 17 heavy (non-hydrogen) atoms. The highest BCUT2D eigenvalue weighted by Crippen LogP contribution is 2.16. The Morgan fingerprint density at radius 1 is 1.12 bits per heavy atom. The van der Waals surface area contributed by atoms with Gasteiger partial charge in [-0.05, 0) is 12.1 Å². The highest BCUT2D eigenvalue weighted by atomic mass is 16.5. The van der Waals surface area contributed by atoms with E-state index in [0.29, 0.717) is 0 Å². The van der Waals surface area contributed by atoms with Crippen LogP contribution in [0.3, 0.4) is 0 Å². The standard InChI is InChI=1S/C14H13NO2/c1-11(16)17-10-13-8-5-9-14(15-13)12-6-3-2-4-7-12/h2-9H,10H2,1H3. The van der Waals surface area contributed by atoms with Crippen LogP contribution in [-0.4, -0.2) is 11.0 Å². The van der Waals surface area contributed by atoms with Gasteiger partial charge in [0.1, 0.15) is 6.61 Å². The molecule has 0 radical (unpaired) electrons. The van der Waals surface area contributed by atoms with Gasteiger partial charge in [-0.15, -0.1) is 0 Å². The Bertz CT molecular complexity index is 509. The van der Waals surface area contributed by atoms with Crippen LogP contribution in [0, 0.1) is 0 Å². The van der Waals surface area contributed by atoms with E-state index < -0.39 is 0 Å². The number of aromatic nitrogens is 1. The molecule has 0 N–H and O–H groups in total. The number of hydrogen-bond donors (Lipinski definition) is 0. The molecule has 0 saturated heterocycles. The lowest BCUT2D eigenvalue weighted by atomic mass is 10.1. The van der Waals surface area contributed by atoms with E-state index in [-0.39, 0.29) is 12.6 Å². The van der Waals surface area contributed by atoms with E-state index in [0.717, 1.165) is 17.0 Å². The second-order valence-corrected chi connectivity index (χ2v) is 3.66. The Morgan fingerprint density at radius 2 is 1.88 bits per heavy atom. The Kier molecular flexibility index (Phi) is 3.50. The SMILES string of the molecule is CC(=O)OCc1cccc(-c2ccccc2)n1. The first-order valence-electron chi connectivity index (χ1n) is 5.40. The molecule has 0 atom stereocenters. The number of esters is 1. The Labute approximate surface area is 100 Å². The lowest BCUT2D eigenvalue weighted by Gasteiger charge is -2.04. The predicted molar refractivity (Wildman–Crippen MR) is 65.1 cm³/mol. The normalized spacial score (nSPS) is 9.94. The number of benzene rings is 1. The summed E-state index contributed by atoms with van der Waals surface area (Å²) in [5, 5.41) is 0. The molecule has 0 spiro atoms. The van der Waals surface area contributed by atoms with Gasteiger partial charge in [-0.3, -0.25) is 4.79 Å². The van der Waals surface area contributed by atoms with Crippen molar-refractivity contribution in [3.05, 3.63) is 54.2 Å². The largest absolute Gasteiger partial charge is 0.459 e. The second-order valence-electron chi connectivity index (χ2n) is 3.66. The summed E-state index contributed by atoms with van der Waals surface area (Å²) in [5.74, 6) is -0.295. The first-order chi connectivity index (χ1) is 8.25. The summed E-state index contributed by atoms with van der Waals surface area (Å²) in [7, 11) is 0. The van der Waals surface area contributed by atoms with Crippen LogP contribution in [0.5, 0.6) is 0 Å². The molecule has 2 aromatic rings. The molecule has 1 aromatic heterocycles. The van der Waals surface area contributed by atoms with Crippen molar-refractivity contribution in [3.63, 3.8) is 0 Å². The van der Waals surface area contributed by atoms with Crippen LogP contribution >= 0.6 is 0 Å². The summed E-state index contributed by atoms with van der Waals surface area (Å²) in [4.78, 5) is 15.2. The van der Waals surface area contributed by atoms with Crippen LogP contribution < -0.4 is 0 Å². The molecular formula is C14H13NO2. The van der Waals surface area contributed by atoms with Crippen molar-refractivity contribution in [3.8, 4) is 11.3 Å². The first-order valence-corrected chi connectivity index (χ1v) is 5.40. The van der Waals surface area contributed by atoms with Crippen molar-refractivity contribution in [2.45, 2.75) is 13.5 Å². The number of nitrogens with zero attached hydrogens (tertiary/aromatic N) is 1. The van der Waals surface area contributed by atoms with E-state index in [9.17, 15) is 4.79 Å². The molecule has 0 aliphatic heterocycles. The molecule has 3 nitrogen and oxygen atoms in total. The van der Waals surface area contributed by atoms with Gasteiger partial charge in [0.05, 0.1) is 11.4 Å². The Balaban J connectivity index is 2.20. The molecule has 2 rings (SSSR count). The van der Waals surface area contributed by atoms with Gasteiger partial charge in [0.2, 0.25) is 0 Å². The minimum atomic E-state index is -0.295. The van der Waals surface area contributed by atoms with Crippen molar-refractivity contribution in [2.75, 3.05) is 0 Å². The molecule has 0 bridgehead atoms. The van der Waals surface area contributed by atoms with E-state index in [2.05, 4.69) is 4.98 Å². The fourth-order valence-corrected chi connectivity index (χ4v) is 1.51. The van der Waals surface area contributed by atoms with Crippen LogP contribution in [0.2, 0.25) is 0 Å². The fraction of sp³-hybridized carbons (Fsp3) is 0.143. The number of ether oxygens (including phenoxy) is 1. The van der Waals surface area contributed by atoms with Gasteiger partial charge in [0.15, 0.2) is 0 Å². The zero-order valence-electron chi connectivity index (χ0n) is 9.59. The average Bonchev–Trinajstić information content (AvgIpc) is 2.38. The third-order valence-corrected chi connectivity index (χ3v) is 2.30. The van der Waals surface area contributed by atoms with Gasteiger partial charge in [0, 0.05) is 12.5 Å². The lowest BCUT2D eigenvalue weighted by molar-refractivity contribution is -0.142. The van der Waals surface area contributed by atoms with E-state index in [1.165, 1.54) is 6.92 Å². The third-order valence-electron chi connectivity index (χ3n) is 2.30. The maximum atomic E-state index is 10.7. The van der Waals surface area contributed by atoms with Crippen LogP contribution in [0.15, 0.2) is 48.5 Å². The van der Waals surface area contributed by atoms with Gasteiger partial charge in [-0.2, -0.15) is 0 Å². The molecule has 1 aromatic carbocycles. The van der Waals surface area contributed by atoms with Gasteiger partial charge in [-0.1, -0.05) is 36.4 Å². The minimum Gasteiger partial charge on any atom is -0.459 e. The van der Waals surface area contributed by atoms with Crippen LogP contribution in [-0.2, 0) is 16.1 Å². The van der Waals surface area contributed by atoms with Gasteiger partial charge in [0.25, 0.3) is 0 Å². The predicted octanol–water partition coefficient (Wildman–Crippen LogP) is 2.81. The van der Waals surface area contributed by atoms with Crippen LogP contribution in [0.1, 0.15) is 12.6 Å². The maximum absolute atomic E-state index is 10.7. The molecule has 0 amide bonds. The van der Waals surface area contributed by atoms with Crippen molar-refractivity contribution >= 4 is 5.97 Å². The average molecular weight is 227 g/mol. The Hall–Kier alpha value is -2.16. The molecular weight excluding hydrogens is 214 g/mol. The molecule has 86 valence electrons. The zero-order valence-corrected chi connectivity index (χ0v) is 9.59. The highest BCUT2D eigenvalue weighted by molar-refractivity contribution is 5.66. The van der Waals surface area contributed by atoms with Gasteiger partial charge >= 0.3 is 5.97 Å². The van der Waals surface area contributed by atoms with E-state index in [4.69, 9.17) is 4.74 Å². The minimum absolute atomic E-state index is 0.218. The van der Waals surface area contributed by atoms with Crippen molar-refractivity contribution in [1.29, 1.82) is 0 Å². The monoisotopic (exact) mass is 227 g/mol. The number of pyridine rings is 1. The lowest BCUT2D eigenvalue weighted by Crippen LogP contribution is -2.01. The molecule has 1 heterocycles. The van der Waals surface area contributed by atoms with Crippen molar-refractivity contribution < 1.29 is 9.53 Å².